The van der Waals surface area contributed by atoms with Crippen molar-refractivity contribution in [2.45, 2.75) is 0 Å². The van der Waals surface area contributed by atoms with E-state index >= 15 is 0 Å². The fraction of sp³-hybridized carbons (Fsp3) is 0. The van der Waals surface area contributed by atoms with Gasteiger partial charge in [0, 0.05) is 16.3 Å². The molecule has 10 aromatic rings. The number of furan rings is 1. The van der Waals surface area contributed by atoms with Gasteiger partial charge in [-0.3, -0.25) is 4.90 Å². The number of para-hydroxylation sites is 4. The number of benzene rings is 9. The number of hydrogen-bond donors (Lipinski definition) is 0. The van der Waals surface area contributed by atoms with Crippen LogP contribution in [0.1, 0.15) is 0 Å². The van der Waals surface area contributed by atoms with Gasteiger partial charge >= 0.3 is 0 Å². The fourth-order valence-electron chi connectivity index (χ4n) is 8.57. The first kappa shape index (κ1) is 30.9. The Morgan fingerprint density at radius 3 is 1.77 bits per heavy atom. The van der Waals surface area contributed by atoms with Crippen LogP contribution >= 0.6 is 0 Å². The van der Waals surface area contributed by atoms with Crippen LogP contribution < -0.4 is 14.4 Å². The van der Waals surface area contributed by atoms with Crippen LogP contribution in [-0.2, 0) is 0 Å². The summed E-state index contributed by atoms with van der Waals surface area (Å²) in [6.45, 7) is 0. The largest absolute Gasteiger partial charge is 0.455 e. The molecular formula is C52H31NO3. The van der Waals surface area contributed by atoms with Crippen molar-refractivity contribution >= 4 is 49.8 Å². The van der Waals surface area contributed by atoms with Crippen LogP contribution in [0.15, 0.2) is 192 Å². The van der Waals surface area contributed by atoms with Crippen molar-refractivity contribution < 1.29 is 13.9 Å². The summed E-state index contributed by atoms with van der Waals surface area (Å²) in [5.41, 5.74) is 13.4. The first-order chi connectivity index (χ1) is 27.7. The maximum atomic E-state index is 6.89. The summed E-state index contributed by atoms with van der Waals surface area (Å²) in [7, 11) is 0. The minimum Gasteiger partial charge on any atom is -0.455 e. The maximum absolute atomic E-state index is 6.89. The van der Waals surface area contributed by atoms with Crippen molar-refractivity contribution in [1.82, 2.24) is 0 Å². The molecule has 262 valence electrons. The zero-order valence-electron chi connectivity index (χ0n) is 30.1. The van der Waals surface area contributed by atoms with Gasteiger partial charge in [-0.1, -0.05) is 140 Å². The van der Waals surface area contributed by atoms with Gasteiger partial charge in [0.2, 0.25) is 0 Å². The molecule has 9 aromatic carbocycles. The summed E-state index contributed by atoms with van der Waals surface area (Å²) in [6.07, 6.45) is 0. The molecule has 0 radical (unpaired) electrons. The van der Waals surface area contributed by atoms with E-state index in [2.05, 4.69) is 169 Å². The molecule has 4 heteroatoms. The van der Waals surface area contributed by atoms with E-state index in [1.54, 1.807) is 0 Å². The molecule has 0 aliphatic carbocycles. The lowest BCUT2D eigenvalue weighted by atomic mass is 9.92. The van der Waals surface area contributed by atoms with Crippen LogP contribution in [0.5, 0.6) is 23.0 Å². The summed E-state index contributed by atoms with van der Waals surface area (Å²) in [5.74, 6) is 3.10. The maximum Gasteiger partial charge on any atom is 0.156 e. The van der Waals surface area contributed by atoms with Crippen molar-refractivity contribution in [3.8, 4) is 67.5 Å². The molecular weight excluding hydrogens is 687 g/mol. The molecule has 0 amide bonds. The Labute approximate surface area is 323 Å². The van der Waals surface area contributed by atoms with Gasteiger partial charge in [0.05, 0.1) is 11.4 Å². The van der Waals surface area contributed by atoms with Crippen LogP contribution in [0.3, 0.4) is 0 Å². The lowest BCUT2D eigenvalue weighted by Gasteiger charge is -2.38. The molecule has 0 spiro atoms. The number of nitrogens with zero attached hydrogens (tertiary/aromatic N) is 1. The summed E-state index contributed by atoms with van der Waals surface area (Å²) >= 11 is 0. The summed E-state index contributed by atoms with van der Waals surface area (Å²) < 4.78 is 19.9. The Balaban J connectivity index is 0.957. The van der Waals surface area contributed by atoms with Crippen LogP contribution in [0.25, 0.3) is 77.2 Å². The first-order valence-corrected chi connectivity index (χ1v) is 18.9. The number of rotatable bonds is 4. The van der Waals surface area contributed by atoms with Crippen molar-refractivity contribution in [3.05, 3.63) is 188 Å². The van der Waals surface area contributed by atoms with Gasteiger partial charge in [-0.2, -0.15) is 0 Å². The molecule has 12 rings (SSSR count). The van der Waals surface area contributed by atoms with E-state index in [9.17, 15) is 0 Å². The Hall–Kier alpha value is -7.56. The molecule has 0 unspecified atom stereocenters. The molecule has 0 N–H and O–H groups in total. The zero-order valence-corrected chi connectivity index (χ0v) is 30.1. The van der Waals surface area contributed by atoms with E-state index < -0.39 is 0 Å². The number of anilines is 3. The normalized spacial score (nSPS) is 12.5. The topological polar surface area (TPSA) is 34.8 Å². The van der Waals surface area contributed by atoms with Gasteiger partial charge in [0.25, 0.3) is 0 Å². The molecule has 0 saturated heterocycles. The summed E-state index contributed by atoms with van der Waals surface area (Å²) in [4.78, 5) is 2.28. The second-order valence-corrected chi connectivity index (χ2v) is 14.5. The van der Waals surface area contributed by atoms with Crippen molar-refractivity contribution in [2.75, 3.05) is 4.90 Å². The average Bonchev–Trinajstić information content (AvgIpc) is 3.65. The van der Waals surface area contributed by atoms with Gasteiger partial charge < -0.3 is 13.9 Å². The number of ether oxygens (including phenoxy) is 2. The van der Waals surface area contributed by atoms with E-state index in [4.69, 9.17) is 13.9 Å². The first-order valence-electron chi connectivity index (χ1n) is 18.9. The lowest BCUT2D eigenvalue weighted by Crippen LogP contribution is -2.20. The Kier molecular flexibility index (Phi) is 6.60. The second-order valence-electron chi connectivity index (χ2n) is 14.5. The van der Waals surface area contributed by atoms with Gasteiger partial charge in [-0.25, -0.2) is 0 Å². The lowest BCUT2D eigenvalue weighted by molar-refractivity contribution is 0.446. The van der Waals surface area contributed by atoms with Crippen LogP contribution in [0, 0.1) is 0 Å². The molecule has 0 saturated carbocycles. The molecule has 0 atom stereocenters. The van der Waals surface area contributed by atoms with Crippen LogP contribution in [0.4, 0.5) is 17.1 Å². The Bertz CT molecular complexity index is 3210. The quantitative estimate of drug-likeness (QED) is 0.182. The van der Waals surface area contributed by atoms with E-state index in [0.717, 1.165) is 107 Å². The second kappa shape index (κ2) is 12.0. The highest BCUT2D eigenvalue weighted by molar-refractivity contribution is 6.09. The van der Waals surface area contributed by atoms with E-state index in [0.29, 0.717) is 0 Å². The fourth-order valence-corrected chi connectivity index (χ4v) is 8.57. The third kappa shape index (κ3) is 4.73. The van der Waals surface area contributed by atoms with E-state index in [1.165, 1.54) is 10.8 Å². The molecule has 0 fully saturated rings. The van der Waals surface area contributed by atoms with E-state index in [1.807, 2.05) is 24.3 Å². The van der Waals surface area contributed by atoms with Crippen LogP contribution in [-0.4, -0.2) is 0 Å². The predicted octanol–water partition coefficient (Wildman–Crippen LogP) is 15.1. The highest BCUT2D eigenvalue weighted by Gasteiger charge is 2.35. The molecule has 1 aromatic heterocycles. The third-order valence-electron chi connectivity index (χ3n) is 11.2. The molecule has 2 aliphatic heterocycles. The summed E-state index contributed by atoms with van der Waals surface area (Å²) in [6, 6.07) is 66.0. The van der Waals surface area contributed by atoms with Gasteiger partial charge in [-0.05, 0) is 98.2 Å². The number of hydrogen-bond acceptors (Lipinski definition) is 4. The van der Waals surface area contributed by atoms with E-state index in [-0.39, 0.29) is 0 Å². The highest BCUT2D eigenvalue weighted by atomic mass is 16.5. The minimum atomic E-state index is 0.749. The molecule has 4 nitrogen and oxygen atoms in total. The van der Waals surface area contributed by atoms with Crippen molar-refractivity contribution in [3.63, 3.8) is 0 Å². The molecule has 0 bridgehead atoms. The minimum absolute atomic E-state index is 0.749. The standard InChI is InChI=1S/C52H31NO3/c1-2-11-35-28-36(25-20-32(35)10-1)37-26-27-45-48(29-37)55-50-31-38(30-49-51(50)53(45)44-17-6-8-19-47(44)54-49)40-13-4-3-12-39(40)33-21-23-34(24-22-33)41-15-9-16-43-42-14-5-7-18-46(42)56-52(41)43/h1-31H. The predicted molar refractivity (Wildman–Crippen MR) is 228 cm³/mol. The summed E-state index contributed by atoms with van der Waals surface area (Å²) in [5, 5.41) is 4.69. The van der Waals surface area contributed by atoms with Crippen molar-refractivity contribution in [2.24, 2.45) is 0 Å². The average molecular weight is 718 g/mol. The molecule has 56 heavy (non-hydrogen) atoms. The SMILES string of the molecule is c1ccc2c(c1)Oc1cc(-c3ccccc3-c3ccc(-c4cccc5c4oc4ccccc45)cc3)cc3c1N2c1ccc(-c2ccc4ccccc4c2)cc1O3. The number of fused-ring (bicyclic) bond motifs is 8. The van der Waals surface area contributed by atoms with Gasteiger partial charge in [-0.15, -0.1) is 0 Å². The monoisotopic (exact) mass is 717 g/mol. The molecule has 2 aliphatic rings. The molecule has 3 heterocycles. The van der Waals surface area contributed by atoms with Crippen molar-refractivity contribution in [1.29, 1.82) is 0 Å². The van der Waals surface area contributed by atoms with Gasteiger partial charge in [0.15, 0.2) is 23.0 Å². The zero-order chi connectivity index (χ0) is 36.7. The third-order valence-corrected chi connectivity index (χ3v) is 11.2. The highest BCUT2D eigenvalue weighted by Crippen LogP contribution is 2.61. The Morgan fingerprint density at radius 2 is 0.911 bits per heavy atom. The van der Waals surface area contributed by atoms with Gasteiger partial charge in [0.1, 0.15) is 16.9 Å². The van der Waals surface area contributed by atoms with Crippen LogP contribution in [0.2, 0.25) is 0 Å². The smallest absolute Gasteiger partial charge is 0.156 e. The Morgan fingerprint density at radius 1 is 0.339 bits per heavy atom.